The molecule has 1 heteroatoms. The molecule has 18 heavy (non-hydrogen) atoms. The minimum absolute atomic E-state index is 0.297. The maximum Gasteiger partial charge on any atom is 0.0687 e. The smallest absolute Gasteiger partial charge is 0.0687 e. The number of nitrogens with zero attached hydrogens (tertiary/aromatic N) is 1. The van der Waals surface area contributed by atoms with Gasteiger partial charge in [0.15, 0.2) is 0 Å². The van der Waals surface area contributed by atoms with Crippen LogP contribution in [0.4, 0.5) is 0 Å². The van der Waals surface area contributed by atoms with Crippen LogP contribution in [-0.2, 0) is 6.42 Å². The van der Waals surface area contributed by atoms with E-state index < -0.39 is 0 Å². The van der Waals surface area contributed by atoms with Gasteiger partial charge in [-0.15, -0.1) is 0 Å². The molecule has 2 aromatic carbocycles. The number of hydrogen-bond acceptors (Lipinski definition) is 1. The molecule has 0 aliphatic carbocycles. The zero-order valence-corrected chi connectivity index (χ0v) is 10.9. The standard InChI is InChI=1S/C17H17N/c1-17(2,13-18)12-14-8-10-16(11-9-14)15-6-4-3-5-7-15/h3-11H,12H2,1-2H3. The van der Waals surface area contributed by atoms with Crippen molar-refractivity contribution in [3.8, 4) is 17.2 Å². The topological polar surface area (TPSA) is 23.8 Å². The molecule has 0 radical (unpaired) electrons. The Labute approximate surface area is 109 Å². The fourth-order valence-electron chi connectivity index (χ4n) is 2.00. The molecule has 1 nitrogen and oxygen atoms in total. The summed E-state index contributed by atoms with van der Waals surface area (Å²) in [5, 5.41) is 9.04. The average Bonchev–Trinajstić information content (AvgIpc) is 2.40. The van der Waals surface area contributed by atoms with Crippen molar-refractivity contribution >= 4 is 0 Å². The van der Waals surface area contributed by atoms with Crippen molar-refractivity contribution in [2.24, 2.45) is 5.41 Å². The van der Waals surface area contributed by atoms with Gasteiger partial charge in [0.1, 0.15) is 0 Å². The minimum atomic E-state index is -0.297. The summed E-state index contributed by atoms with van der Waals surface area (Å²) in [6, 6.07) is 21.1. The molecule has 0 spiro atoms. The fourth-order valence-corrected chi connectivity index (χ4v) is 2.00. The van der Waals surface area contributed by atoms with E-state index in [1.54, 1.807) is 0 Å². The van der Waals surface area contributed by atoms with Crippen LogP contribution in [0.25, 0.3) is 11.1 Å². The van der Waals surface area contributed by atoms with Gasteiger partial charge in [-0.05, 0) is 37.0 Å². The Morgan fingerprint density at radius 1 is 0.889 bits per heavy atom. The predicted octanol–water partition coefficient (Wildman–Crippen LogP) is 4.45. The summed E-state index contributed by atoms with van der Waals surface area (Å²) >= 11 is 0. The van der Waals surface area contributed by atoms with Gasteiger partial charge >= 0.3 is 0 Å². The Balaban J connectivity index is 2.19. The first-order valence-electron chi connectivity index (χ1n) is 6.16. The molecule has 0 heterocycles. The minimum Gasteiger partial charge on any atom is -0.198 e. The summed E-state index contributed by atoms with van der Waals surface area (Å²) in [5.41, 5.74) is 3.35. The zero-order chi connectivity index (χ0) is 13.0. The number of hydrogen-bond donors (Lipinski definition) is 0. The largest absolute Gasteiger partial charge is 0.198 e. The molecule has 0 saturated carbocycles. The number of benzene rings is 2. The van der Waals surface area contributed by atoms with Crippen molar-refractivity contribution in [3.05, 3.63) is 60.2 Å². The van der Waals surface area contributed by atoms with Crippen LogP contribution < -0.4 is 0 Å². The molecular weight excluding hydrogens is 218 g/mol. The predicted molar refractivity (Wildman–Crippen MR) is 75.0 cm³/mol. The van der Waals surface area contributed by atoms with Crippen LogP contribution in [0.1, 0.15) is 19.4 Å². The van der Waals surface area contributed by atoms with Crippen LogP contribution in [0.5, 0.6) is 0 Å². The molecule has 2 aromatic rings. The Hall–Kier alpha value is -2.07. The summed E-state index contributed by atoms with van der Waals surface area (Å²) in [6.45, 7) is 3.94. The maximum atomic E-state index is 9.04. The maximum absolute atomic E-state index is 9.04. The zero-order valence-electron chi connectivity index (χ0n) is 10.9. The highest BCUT2D eigenvalue weighted by atomic mass is 14.3. The van der Waals surface area contributed by atoms with Crippen molar-refractivity contribution < 1.29 is 0 Å². The number of rotatable bonds is 3. The van der Waals surface area contributed by atoms with E-state index in [1.807, 2.05) is 32.0 Å². The lowest BCUT2D eigenvalue weighted by Gasteiger charge is -2.15. The van der Waals surface area contributed by atoms with E-state index in [2.05, 4.69) is 42.5 Å². The Morgan fingerprint density at radius 2 is 1.44 bits per heavy atom. The van der Waals surface area contributed by atoms with Gasteiger partial charge in [-0.2, -0.15) is 5.26 Å². The molecule has 0 bridgehead atoms. The summed E-state index contributed by atoms with van der Waals surface area (Å²) < 4.78 is 0. The van der Waals surface area contributed by atoms with Gasteiger partial charge in [-0.1, -0.05) is 54.6 Å². The molecule has 90 valence electrons. The van der Waals surface area contributed by atoms with Gasteiger partial charge in [0.05, 0.1) is 11.5 Å². The Morgan fingerprint density at radius 3 is 2.00 bits per heavy atom. The summed E-state index contributed by atoms with van der Waals surface area (Å²) in [4.78, 5) is 0. The molecule has 0 unspecified atom stereocenters. The SMILES string of the molecule is CC(C)(C#N)Cc1ccc(-c2ccccc2)cc1. The van der Waals surface area contributed by atoms with E-state index in [1.165, 1.54) is 16.7 Å². The highest BCUT2D eigenvalue weighted by molar-refractivity contribution is 5.63. The molecule has 0 saturated heterocycles. The third-order valence-corrected chi connectivity index (χ3v) is 3.01. The highest BCUT2D eigenvalue weighted by Gasteiger charge is 2.16. The van der Waals surface area contributed by atoms with Crippen molar-refractivity contribution in [2.45, 2.75) is 20.3 Å². The van der Waals surface area contributed by atoms with Gasteiger partial charge in [-0.25, -0.2) is 0 Å². The third-order valence-electron chi connectivity index (χ3n) is 3.01. The molecule has 0 aliphatic heterocycles. The second-order valence-electron chi connectivity index (χ2n) is 5.24. The van der Waals surface area contributed by atoms with E-state index in [4.69, 9.17) is 5.26 Å². The lowest BCUT2D eigenvalue weighted by molar-refractivity contribution is 0.493. The van der Waals surface area contributed by atoms with Crippen molar-refractivity contribution in [3.63, 3.8) is 0 Å². The lowest BCUT2D eigenvalue weighted by atomic mass is 9.87. The van der Waals surface area contributed by atoms with Gasteiger partial charge in [-0.3, -0.25) is 0 Å². The normalized spacial score (nSPS) is 10.9. The molecule has 0 atom stereocenters. The first-order chi connectivity index (χ1) is 8.61. The van der Waals surface area contributed by atoms with Crippen molar-refractivity contribution in [1.29, 1.82) is 5.26 Å². The van der Waals surface area contributed by atoms with E-state index in [9.17, 15) is 0 Å². The van der Waals surface area contributed by atoms with Gasteiger partial charge in [0, 0.05) is 0 Å². The molecular formula is C17H17N. The summed E-state index contributed by atoms with van der Waals surface area (Å²) in [7, 11) is 0. The van der Waals surface area contributed by atoms with Gasteiger partial charge < -0.3 is 0 Å². The van der Waals surface area contributed by atoms with E-state index in [0.717, 1.165) is 6.42 Å². The quantitative estimate of drug-likeness (QED) is 0.771. The van der Waals surface area contributed by atoms with E-state index >= 15 is 0 Å². The monoisotopic (exact) mass is 235 g/mol. The lowest BCUT2D eigenvalue weighted by Crippen LogP contribution is -2.11. The fraction of sp³-hybridized carbons (Fsp3) is 0.235. The molecule has 0 fully saturated rings. The average molecular weight is 235 g/mol. The first-order valence-corrected chi connectivity index (χ1v) is 6.16. The van der Waals surface area contributed by atoms with Crippen LogP contribution in [0.15, 0.2) is 54.6 Å². The first kappa shape index (κ1) is 12.4. The molecule has 0 N–H and O–H groups in total. The molecule has 0 amide bonds. The summed E-state index contributed by atoms with van der Waals surface area (Å²) in [6.07, 6.45) is 0.790. The highest BCUT2D eigenvalue weighted by Crippen LogP contribution is 2.24. The van der Waals surface area contributed by atoms with Crippen LogP contribution in [0.2, 0.25) is 0 Å². The molecule has 0 aliphatic rings. The summed E-state index contributed by atoms with van der Waals surface area (Å²) in [5.74, 6) is 0. The van der Waals surface area contributed by atoms with Crippen LogP contribution in [0, 0.1) is 16.7 Å². The number of nitriles is 1. The van der Waals surface area contributed by atoms with Crippen LogP contribution in [-0.4, -0.2) is 0 Å². The second kappa shape index (κ2) is 5.06. The van der Waals surface area contributed by atoms with Crippen LogP contribution in [0.3, 0.4) is 0 Å². The van der Waals surface area contributed by atoms with Crippen LogP contribution >= 0.6 is 0 Å². The van der Waals surface area contributed by atoms with Crippen molar-refractivity contribution in [2.75, 3.05) is 0 Å². The Bertz CT molecular complexity index is 544. The molecule has 2 rings (SSSR count). The van der Waals surface area contributed by atoms with Gasteiger partial charge in [0.25, 0.3) is 0 Å². The molecule has 0 aromatic heterocycles. The van der Waals surface area contributed by atoms with Crippen molar-refractivity contribution in [1.82, 2.24) is 0 Å². The Kier molecular flexibility index (Phi) is 3.48. The van der Waals surface area contributed by atoms with E-state index in [-0.39, 0.29) is 5.41 Å². The second-order valence-corrected chi connectivity index (χ2v) is 5.24. The van der Waals surface area contributed by atoms with Gasteiger partial charge in [0.2, 0.25) is 0 Å². The third kappa shape index (κ3) is 2.99. The van der Waals surface area contributed by atoms with E-state index in [0.29, 0.717) is 0 Å².